The van der Waals surface area contributed by atoms with Crippen LogP contribution in [-0.2, 0) is 6.42 Å². The summed E-state index contributed by atoms with van der Waals surface area (Å²) >= 11 is 0. The number of rotatable bonds is 3. The summed E-state index contributed by atoms with van der Waals surface area (Å²) in [4.78, 5) is 14.7. The molecule has 2 aliphatic heterocycles. The second-order valence-electron chi connectivity index (χ2n) is 7.58. The van der Waals surface area contributed by atoms with Crippen LogP contribution in [0.15, 0.2) is 18.2 Å². The third-order valence-electron chi connectivity index (χ3n) is 6.06. The number of likely N-dealkylation sites (tertiary alicyclic amines) is 1. The molecule has 1 aromatic rings. The summed E-state index contributed by atoms with van der Waals surface area (Å²) in [5.41, 5.74) is 3.24. The first-order chi connectivity index (χ1) is 11.8. The third-order valence-corrected chi connectivity index (χ3v) is 6.06. The summed E-state index contributed by atoms with van der Waals surface area (Å²) in [5.74, 6) is 0.0759. The molecule has 4 rings (SSSR count). The molecular formula is C20H29N3O. The average molecular weight is 327 g/mol. The van der Waals surface area contributed by atoms with Gasteiger partial charge in [0.15, 0.2) is 0 Å². The number of hydrogen-bond donors (Lipinski definition) is 2. The van der Waals surface area contributed by atoms with E-state index in [-0.39, 0.29) is 5.91 Å². The first kappa shape index (κ1) is 15.9. The zero-order valence-electron chi connectivity index (χ0n) is 14.5. The monoisotopic (exact) mass is 327 g/mol. The van der Waals surface area contributed by atoms with Crippen LogP contribution in [0.25, 0.3) is 0 Å². The average Bonchev–Trinajstić information content (AvgIpc) is 2.64. The predicted molar refractivity (Wildman–Crippen MR) is 97.6 cm³/mol. The Morgan fingerprint density at radius 3 is 2.62 bits per heavy atom. The fourth-order valence-electron chi connectivity index (χ4n) is 4.68. The number of fused-ring (bicyclic) bond motifs is 1. The van der Waals surface area contributed by atoms with Crippen LogP contribution in [0, 0.1) is 0 Å². The number of benzene rings is 1. The van der Waals surface area contributed by atoms with Crippen molar-refractivity contribution in [1.29, 1.82) is 0 Å². The van der Waals surface area contributed by atoms with Gasteiger partial charge in [0.05, 0.1) is 0 Å². The number of nitrogens with one attached hydrogen (secondary N) is 2. The van der Waals surface area contributed by atoms with E-state index in [1.807, 2.05) is 12.1 Å². The summed E-state index contributed by atoms with van der Waals surface area (Å²) in [6, 6.07) is 7.48. The summed E-state index contributed by atoms with van der Waals surface area (Å²) < 4.78 is 0. The van der Waals surface area contributed by atoms with Crippen molar-refractivity contribution in [3.63, 3.8) is 0 Å². The Morgan fingerprint density at radius 2 is 1.83 bits per heavy atom. The van der Waals surface area contributed by atoms with Gasteiger partial charge in [0.2, 0.25) is 0 Å². The molecule has 2 fully saturated rings. The van der Waals surface area contributed by atoms with Gasteiger partial charge in [0.25, 0.3) is 5.91 Å². The molecule has 0 atom stereocenters. The van der Waals surface area contributed by atoms with Crippen molar-refractivity contribution in [1.82, 2.24) is 10.2 Å². The molecule has 1 aromatic carbocycles. The Labute approximate surface area is 145 Å². The highest BCUT2D eigenvalue weighted by Crippen LogP contribution is 2.28. The Hall–Kier alpha value is -1.55. The number of anilines is 1. The molecule has 1 saturated carbocycles. The molecule has 0 aromatic heterocycles. The van der Waals surface area contributed by atoms with Crippen LogP contribution >= 0.6 is 0 Å². The van der Waals surface area contributed by atoms with Crippen molar-refractivity contribution < 1.29 is 4.79 Å². The van der Waals surface area contributed by atoms with E-state index in [9.17, 15) is 4.79 Å². The number of hydrogen-bond acceptors (Lipinski definition) is 3. The molecule has 4 heteroatoms. The lowest BCUT2D eigenvalue weighted by Crippen LogP contribution is -2.45. The molecule has 0 radical (unpaired) electrons. The maximum Gasteiger partial charge on any atom is 0.251 e. The minimum Gasteiger partial charge on any atom is -0.382 e. The summed E-state index contributed by atoms with van der Waals surface area (Å²) in [6.07, 6.45) is 10.4. The van der Waals surface area contributed by atoms with E-state index in [0.717, 1.165) is 24.6 Å². The van der Waals surface area contributed by atoms with Gasteiger partial charge in [-0.2, -0.15) is 0 Å². The normalized spacial score (nSPS) is 23.6. The molecule has 1 amide bonds. The van der Waals surface area contributed by atoms with Crippen LogP contribution in [0.2, 0.25) is 0 Å². The molecule has 2 heterocycles. The van der Waals surface area contributed by atoms with E-state index in [2.05, 4.69) is 21.6 Å². The quantitative estimate of drug-likeness (QED) is 0.896. The molecule has 24 heavy (non-hydrogen) atoms. The molecule has 0 unspecified atom stereocenters. The van der Waals surface area contributed by atoms with Crippen molar-refractivity contribution in [2.24, 2.45) is 0 Å². The SMILES string of the molecule is O=C1NCCc2c(NC3CCN(C4CCCCC4)CC3)cccc21. The predicted octanol–water partition coefficient (Wildman–Crippen LogP) is 3.18. The Morgan fingerprint density at radius 1 is 1.04 bits per heavy atom. The van der Waals surface area contributed by atoms with Crippen LogP contribution in [0.1, 0.15) is 60.9 Å². The molecule has 0 spiro atoms. The first-order valence-electron chi connectivity index (χ1n) is 9.72. The van der Waals surface area contributed by atoms with Gasteiger partial charge >= 0.3 is 0 Å². The Kier molecular flexibility index (Phi) is 4.74. The maximum atomic E-state index is 12.0. The van der Waals surface area contributed by atoms with Crippen LogP contribution in [0.5, 0.6) is 0 Å². The van der Waals surface area contributed by atoms with Crippen molar-refractivity contribution in [2.45, 2.75) is 63.5 Å². The Bertz CT molecular complexity index is 587. The highest BCUT2D eigenvalue weighted by atomic mass is 16.1. The highest BCUT2D eigenvalue weighted by molar-refractivity contribution is 5.98. The van der Waals surface area contributed by atoms with E-state index in [1.165, 1.54) is 69.3 Å². The highest BCUT2D eigenvalue weighted by Gasteiger charge is 2.27. The van der Waals surface area contributed by atoms with Gasteiger partial charge in [0, 0.05) is 43.0 Å². The number of amides is 1. The lowest BCUT2D eigenvalue weighted by atomic mass is 9.91. The zero-order chi connectivity index (χ0) is 16.4. The van der Waals surface area contributed by atoms with Crippen LogP contribution < -0.4 is 10.6 Å². The smallest absolute Gasteiger partial charge is 0.251 e. The molecule has 3 aliphatic rings. The van der Waals surface area contributed by atoms with E-state index < -0.39 is 0 Å². The van der Waals surface area contributed by atoms with Crippen LogP contribution in [0.4, 0.5) is 5.69 Å². The van der Waals surface area contributed by atoms with Crippen molar-refractivity contribution in [3.8, 4) is 0 Å². The van der Waals surface area contributed by atoms with Crippen molar-refractivity contribution in [3.05, 3.63) is 29.3 Å². The minimum absolute atomic E-state index is 0.0759. The molecule has 1 saturated heterocycles. The fraction of sp³-hybridized carbons (Fsp3) is 0.650. The number of carbonyl (C=O) groups is 1. The van der Waals surface area contributed by atoms with E-state index in [4.69, 9.17) is 0 Å². The molecular weight excluding hydrogens is 298 g/mol. The second kappa shape index (κ2) is 7.14. The topological polar surface area (TPSA) is 44.4 Å². The largest absolute Gasteiger partial charge is 0.382 e. The standard InChI is InChI=1S/C20H29N3O/c24-20-18-7-4-8-19(17(18)9-12-21-20)22-15-10-13-23(14-11-15)16-5-2-1-3-6-16/h4,7-8,15-16,22H,1-3,5-6,9-14H2,(H,21,24). The third kappa shape index (κ3) is 3.30. The maximum absolute atomic E-state index is 12.0. The lowest BCUT2D eigenvalue weighted by Gasteiger charge is -2.40. The minimum atomic E-state index is 0.0759. The van der Waals surface area contributed by atoms with Gasteiger partial charge in [-0.3, -0.25) is 4.79 Å². The number of carbonyl (C=O) groups excluding carboxylic acids is 1. The van der Waals surface area contributed by atoms with Crippen LogP contribution in [-0.4, -0.2) is 42.5 Å². The van der Waals surface area contributed by atoms with Crippen molar-refractivity contribution in [2.75, 3.05) is 25.0 Å². The molecule has 0 bridgehead atoms. The van der Waals surface area contributed by atoms with Gasteiger partial charge < -0.3 is 15.5 Å². The van der Waals surface area contributed by atoms with Gasteiger partial charge in [-0.05, 0) is 49.8 Å². The van der Waals surface area contributed by atoms with Crippen LogP contribution in [0.3, 0.4) is 0 Å². The number of piperidine rings is 1. The molecule has 4 nitrogen and oxygen atoms in total. The number of nitrogens with zero attached hydrogens (tertiary/aromatic N) is 1. The zero-order valence-corrected chi connectivity index (χ0v) is 14.5. The first-order valence-corrected chi connectivity index (χ1v) is 9.72. The summed E-state index contributed by atoms with van der Waals surface area (Å²) in [6.45, 7) is 3.19. The van der Waals surface area contributed by atoms with E-state index in [1.54, 1.807) is 0 Å². The fourth-order valence-corrected chi connectivity index (χ4v) is 4.68. The van der Waals surface area contributed by atoms with Gasteiger partial charge in [-0.15, -0.1) is 0 Å². The Balaban J connectivity index is 1.37. The molecule has 130 valence electrons. The van der Waals surface area contributed by atoms with Gasteiger partial charge in [-0.25, -0.2) is 0 Å². The summed E-state index contributed by atoms with van der Waals surface area (Å²) in [7, 11) is 0. The van der Waals surface area contributed by atoms with Gasteiger partial charge in [0.1, 0.15) is 0 Å². The summed E-state index contributed by atoms with van der Waals surface area (Å²) in [5, 5.41) is 6.68. The van der Waals surface area contributed by atoms with Crippen molar-refractivity contribution >= 4 is 11.6 Å². The molecule has 1 aliphatic carbocycles. The lowest BCUT2D eigenvalue weighted by molar-refractivity contribution is 0.0946. The van der Waals surface area contributed by atoms with E-state index >= 15 is 0 Å². The van der Waals surface area contributed by atoms with Gasteiger partial charge in [-0.1, -0.05) is 25.3 Å². The van der Waals surface area contributed by atoms with E-state index in [0.29, 0.717) is 6.04 Å². The second-order valence-corrected chi connectivity index (χ2v) is 7.58. The molecule has 2 N–H and O–H groups in total.